The predicted molar refractivity (Wildman–Crippen MR) is 68.1 cm³/mol. The summed E-state index contributed by atoms with van der Waals surface area (Å²) in [6.45, 7) is 0.0538. The Hall–Kier alpha value is -1.98. The van der Waals surface area contributed by atoms with Crippen molar-refractivity contribution in [3.05, 3.63) is 23.8 Å². The highest BCUT2D eigenvalue weighted by molar-refractivity contribution is 5.74. The van der Waals surface area contributed by atoms with E-state index in [0.29, 0.717) is 24.5 Å². The van der Waals surface area contributed by atoms with Gasteiger partial charge in [0.1, 0.15) is 13.3 Å². The van der Waals surface area contributed by atoms with Gasteiger partial charge in [0, 0.05) is 6.54 Å². The zero-order valence-electron chi connectivity index (χ0n) is 10.3. The molecule has 4 N–H and O–H groups in total. The molecule has 0 radical (unpaired) electrons. The maximum absolute atomic E-state index is 12.0. The lowest BCUT2D eigenvalue weighted by Crippen LogP contribution is -2.31. The molecular formula is C12H18FN3O2. The van der Waals surface area contributed by atoms with Crippen LogP contribution in [0.2, 0.25) is 0 Å². The number of hydrogen-bond donors (Lipinski definition) is 3. The quantitative estimate of drug-likeness (QED) is 0.503. The van der Waals surface area contributed by atoms with Crippen LogP contribution in [0.15, 0.2) is 18.2 Å². The second kappa shape index (κ2) is 7.37. The van der Waals surface area contributed by atoms with E-state index in [1.54, 1.807) is 6.07 Å². The molecule has 0 unspecified atom stereocenters. The normalized spacial score (nSPS) is 9.89. The molecule has 1 rings (SSSR count). The van der Waals surface area contributed by atoms with Crippen LogP contribution in [0.3, 0.4) is 0 Å². The van der Waals surface area contributed by atoms with Crippen LogP contribution < -0.4 is 20.5 Å². The van der Waals surface area contributed by atoms with E-state index < -0.39 is 6.67 Å². The average molecular weight is 255 g/mol. The highest BCUT2D eigenvalue weighted by atomic mass is 19.1. The van der Waals surface area contributed by atoms with Crippen molar-refractivity contribution in [3.8, 4) is 11.5 Å². The van der Waals surface area contributed by atoms with Crippen molar-refractivity contribution >= 4 is 5.96 Å². The molecule has 0 aliphatic carbocycles. The summed E-state index contributed by atoms with van der Waals surface area (Å²) in [6.07, 6.45) is 0.708. The van der Waals surface area contributed by atoms with E-state index in [1.165, 1.54) is 7.11 Å². The second-order valence-corrected chi connectivity index (χ2v) is 3.61. The SMILES string of the molecule is COc1cc(CCNC(=N)N)ccc1OCCF. The van der Waals surface area contributed by atoms with E-state index in [0.717, 1.165) is 5.56 Å². The summed E-state index contributed by atoms with van der Waals surface area (Å²) in [5.74, 6) is 1.05. The van der Waals surface area contributed by atoms with Crippen LogP contribution >= 0.6 is 0 Å². The van der Waals surface area contributed by atoms with Crippen molar-refractivity contribution in [2.75, 3.05) is 26.9 Å². The number of alkyl halides is 1. The van der Waals surface area contributed by atoms with Crippen molar-refractivity contribution < 1.29 is 13.9 Å². The Bertz CT molecular complexity index is 399. The lowest BCUT2D eigenvalue weighted by atomic mass is 10.1. The van der Waals surface area contributed by atoms with Gasteiger partial charge in [-0.1, -0.05) is 6.07 Å². The molecule has 0 fully saturated rings. The van der Waals surface area contributed by atoms with Crippen LogP contribution in [0.4, 0.5) is 4.39 Å². The van der Waals surface area contributed by atoms with E-state index in [2.05, 4.69) is 5.32 Å². The first-order valence-corrected chi connectivity index (χ1v) is 5.61. The van der Waals surface area contributed by atoms with E-state index in [9.17, 15) is 4.39 Å². The van der Waals surface area contributed by atoms with Gasteiger partial charge in [-0.25, -0.2) is 4.39 Å². The molecule has 0 aromatic heterocycles. The number of nitrogens with two attached hydrogens (primary N) is 1. The molecule has 0 saturated carbocycles. The maximum atomic E-state index is 12.0. The van der Waals surface area contributed by atoms with E-state index in [1.807, 2.05) is 12.1 Å². The number of benzene rings is 1. The van der Waals surface area contributed by atoms with Crippen molar-refractivity contribution in [1.29, 1.82) is 5.41 Å². The standard InChI is InChI=1S/C12H18FN3O2/c1-17-11-8-9(4-6-16-12(14)15)2-3-10(11)18-7-5-13/h2-3,8H,4-7H2,1H3,(H4,14,15,16). The van der Waals surface area contributed by atoms with E-state index in [4.69, 9.17) is 20.6 Å². The van der Waals surface area contributed by atoms with Crippen LogP contribution in [-0.4, -0.2) is 32.9 Å². The molecule has 0 bridgehead atoms. The highest BCUT2D eigenvalue weighted by Gasteiger charge is 2.05. The summed E-state index contributed by atoms with van der Waals surface area (Å²) in [4.78, 5) is 0. The molecule has 6 heteroatoms. The van der Waals surface area contributed by atoms with Gasteiger partial charge in [-0.05, 0) is 24.1 Å². The number of ether oxygens (including phenoxy) is 2. The molecule has 1 aromatic carbocycles. The molecule has 0 atom stereocenters. The summed E-state index contributed by atoms with van der Waals surface area (Å²) in [5.41, 5.74) is 6.21. The fraction of sp³-hybridized carbons (Fsp3) is 0.417. The van der Waals surface area contributed by atoms with E-state index in [-0.39, 0.29) is 12.6 Å². The molecule has 0 amide bonds. The third kappa shape index (κ3) is 4.48. The first kappa shape index (κ1) is 14.1. The smallest absolute Gasteiger partial charge is 0.185 e. The fourth-order valence-corrected chi connectivity index (χ4v) is 1.48. The number of guanidine groups is 1. The summed E-state index contributed by atoms with van der Waals surface area (Å²) in [6, 6.07) is 5.45. The first-order chi connectivity index (χ1) is 8.67. The minimum atomic E-state index is -0.534. The van der Waals surface area contributed by atoms with Gasteiger partial charge in [-0.3, -0.25) is 5.41 Å². The summed E-state index contributed by atoms with van der Waals surface area (Å²) in [7, 11) is 1.54. The van der Waals surface area contributed by atoms with Crippen molar-refractivity contribution in [1.82, 2.24) is 5.32 Å². The third-order valence-electron chi connectivity index (χ3n) is 2.29. The van der Waals surface area contributed by atoms with Gasteiger partial charge in [0.25, 0.3) is 0 Å². The van der Waals surface area contributed by atoms with Gasteiger partial charge < -0.3 is 20.5 Å². The monoisotopic (exact) mass is 255 g/mol. The van der Waals surface area contributed by atoms with Crippen LogP contribution in [0, 0.1) is 5.41 Å². The Morgan fingerprint density at radius 2 is 2.22 bits per heavy atom. The summed E-state index contributed by atoms with van der Waals surface area (Å²) < 4.78 is 22.4. The number of methoxy groups -OCH3 is 1. The molecule has 0 heterocycles. The van der Waals surface area contributed by atoms with Crippen LogP contribution in [0.25, 0.3) is 0 Å². The van der Waals surface area contributed by atoms with Gasteiger partial charge >= 0.3 is 0 Å². The second-order valence-electron chi connectivity index (χ2n) is 3.61. The number of hydrogen-bond acceptors (Lipinski definition) is 3. The fourth-order valence-electron chi connectivity index (χ4n) is 1.48. The summed E-state index contributed by atoms with van der Waals surface area (Å²) in [5, 5.41) is 9.75. The Balaban J connectivity index is 2.63. The molecule has 0 aliphatic heterocycles. The van der Waals surface area contributed by atoms with Crippen LogP contribution in [0.1, 0.15) is 5.56 Å². The molecular weight excluding hydrogens is 237 g/mol. The van der Waals surface area contributed by atoms with Crippen LogP contribution in [0.5, 0.6) is 11.5 Å². The van der Waals surface area contributed by atoms with Crippen molar-refractivity contribution in [2.24, 2.45) is 5.73 Å². The molecule has 1 aromatic rings. The average Bonchev–Trinajstić information content (AvgIpc) is 2.36. The van der Waals surface area contributed by atoms with Crippen molar-refractivity contribution in [3.63, 3.8) is 0 Å². The Morgan fingerprint density at radius 3 is 2.83 bits per heavy atom. The van der Waals surface area contributed by atoms with Crippen molar-refractivity contribution in [2.45, 2.75) is 6.42 Å². The van der Waals surface area contributed by atoms with E-state index >= 15 is 0 Å². The Labute approximate surface area is 106 Å². The minimum Gasteiger partial charge on any atom is -0.493 e. The van der Waals surface area contributed by atoms with Gasteiger partial charge in [-0.2, -0.15) is 0 Å². The number of halogens is 1. The zero-order chi connectivity index (χ0) is 13.4. The number of rotatable bonds is 7. The maximum Gasteiger partial charge on any atom is 0.185 e. The van der Waals surface area contributed by atoms with Gasteiger partial charge in [0.05, 0.1) is 7.11 Å². The number of nitrogens with one attached hydrogen (secondary N) is 2. The highest BCUT2D eigenvalue weighted by Crippen LogP contribution is 2.28. The largest absolute Gasteiger partial charge is 0.493 e. The first-order valence-electron chi connectivity index (χ1n) is 5.61. The topological polar surface area (TPSA) is 80.4 Å². The van der Waals surface area contributed by atoms with Gasteiger partial charge in [0.15, 0.2) is 17.5 Å². The Kier molecular flexibility index (Phi) is 5.76. The molecule has 0 spiro atoms. The molecule has 18 heavy (non-hydrogen) atoms. The lowest BCUT2D eigenvalue weighted by Gasteiger charge is -2.11. The summed E-state index contributed by atoms with van der Waals surface area (Å²) >= 11 is 0. The Morgan fingerprint density at radius 1 is 1.44 bits per heavy atom. The lowest BCUT2D eigenvalue weighted by molar-refractivity contribution is 0.260. The van der Waals surface area contributed by atoms with Gasteiger partial charge in [0.2, 0.25) is 0 Å². The predicted octanol–water partition coefficient (Wildman–Crippen LogP) is 1.07. The molecule has 100 valence electrons. The molecule has 0 aliphatic rings. The molecule has 0 saturated heterocycles. The third-order valence-corrected chi connectivity index (χ3v) is 2.29. The minimum absolute atomic E-state index is 0.0155. The molecule has 5 nitrogen and oxygen atoms in total. The van der Waals surface area contributed by atoms with Gasteiger partial charge in [-0.15, -0.1) is 0 Å². The van der Waals surface area contributed by atoms with Crippen LogP contribution in [-0.2, 0) is 6.42 Å². The zero-order valence-corrected chi connectivity index (χ0v) is 10.3.